The Bertz CT molecular complexity index is 949. The fourth-order valence-electron chi connectivity index (χ4n) is 2.82. The molecule has 0 aliphatic carbocycles. The second-order valence-corrected chi connectivity index (χ2v) is 5.78. The van der Waals surface area contributed by atoms with Crippen molar-refractivity contribution in [1.29, 1.82) is 0 Å². The second-order valence-electron chi connectivity index (χ2n) is 5.78. The van der Waals surface area contributed by atoms with Crippen molar-refractivity contribution >= 4 is 16.9 Å². The summed E-state index contributed by atoms with van der Waals surface area (Å²) >= 11 is 0. The molecule has 25 heavy (non-hydrogen) atoms. The summed E-state index contributed by atoms with van der Waals surface area (Å²) in [6.45, 7) is 1.39. The highest BCUT2D eigenvalue weighted by atomic mass is 16.5. The molecule has 128 valence electrons. The van der Waals surface area contributed by atoms with Crippen molar-refractivity contribution in [1.82, 2.24) is 14.5 Å². The van der Waals surface area contributed by atoms with Crippen LogP contribution in [0.5, 0.6) is 17.6 Å². The zero-order valence-corrected chi connectivity index (χ0v) is 13.6. The van der Waals surface area contributed by atoms with Gasteiger partial charge in [-0.2, -0.15) is 9.97 Å². The Morgan fingerprint density at radius 1 is 1.12 bits per heavy atom. The Labute approximate surface area is 144 Å². The number of aromatic nitrogens is 3. The van der Waals surface area contributed by atoms with Crippen LogP contribution in [-0.4, -0.2) is 32.9 Å². The smallest absolute Gasteiger partial charge is 0.295 e. The van der Waals surface area contributed by atoms with E-state index < -0.39 is 0 Å². The third-order valence-corrected chi connectivity index (χ3v) is 4.01. The first-order valence-electron chi connectivity index (χ1n) is 8.06. The van der Waals surface area contributed by atoms with Crippen molar-refractivity contribution in [2.75, 3.05) is 18.9 Å². The van der Waals surface area contributed by atoms with Gasteiger partial charge in [0.25, 0.3) is 6.01 Å². The molecule has 1 aliphatic heterocycles. The van der Waals surface area contributed by atoms with Gasteiger partial charge in [-0.3, -0.25) is 4.57 Å². The van der Waals surface area contributed by atoms with Crippen molar-refractivity contribution in [2.45, 2.75) is 13.0 Å². The summed E-state index contributed by atoms with van der Waals surface area (Å²) in [6.07, 6.45) is 4.70. The van der Waals surface area contributed by atoms with E-state index in [1.807, 2.05) is 36.4 Å². The first-order chi connectivity index (χ1) is 12.2. The van der Waals surface area contributed by atoms with Gasteiger partial charge in [0.05, 0.1) is 18.7 Å². The van der Waals surface area contributed by atoms with Crippen molar-refractivity contribution in [3.05, 3.63) is 48.0 Å². The zero-order chi connectivity index (χ0) is 17.2. The molecular formula is C18H18N4O3. The summed E-state index contributed by atoms with van der Waals surface area (Å²) in [6, 6.07) is 9.40. The monoisotopic (exact) mass is 338 g/mol. The molecule has 0 atom stereocenters. The van der Waals surface area contributed by atoms with Crippen LogP contribution >= 0.6 is 0 Å². The third kappa shape index (κ3) is 3.08. The van der Waals surface area contributed by atoms with E-state index in [0.29, 0.717) is 36.7 Å². The summed E-state index contributed by atoms with van der Waals surface area (Å²) < 4.78 is 13.1. The Balaban J connectivity index is 1.83. The lowest BCUT2D eigenvalue weighted by atomic mass is 10.2. The lowest BCUT2D eigenvalue weighted by Gasteiger charge is -2.09. The fourth-order valence-corrected chi connectivity index (χ4v) is 2.82. The highest BCUT2D eigenvalue weighted by molar-refractivity contribution is 5.87. The summed E-state index contributed by atoms with van der Waals surface area (Å²) in [5.74, 6) is 1.42. The maximum Gasteiger partial charge on any atom is 0.295 e. The van der Waals surface area contributed by atoms with Gasteiger partial charge in [-0.1, -0.05) is 24.3 Å². The molecule has 0 saturated heterocycles. The molecule has 1 aliphatic rings. The number of anilines is 1. The van der Waals surface area contributed by atoms with E-state index in [1.165, 1.54) is 0 Å². The predicted molar refractivity (Wildman–Crippen MR) is 93.9 cm³/mol. The van der Waals surface area contributed by atoms with Gasteiger partial charge in [-0.15, -0.1) is 0 Å². The number of nitrogens with two attached hydrogens (primary N) is 1. The molecule has 3 N–H and O–H groups in total. The summed E-state index contributed by atoms with van der Waals surface area (Å²) in [5.41, 5.74) is 8.09. The number of imidazole rings is 1. The molecule has 0 spiro atoms. The van der Waals surface area contributed by atoms with Crippen LogP contribution in [0.2, 0.25) is 0 Å². The van der Waals surface area contributed by atoms with Crippen LogP contribution in [-0.2, 0) is 6.54 Å². The van der Waals surface area contributed by atoms with Gasteiger partial charge in [0.15, 0.2) is 5.82 Å². The maximum atomic E-state index is 10.3. The Kier molecular flexibility index (Phi) is 3.89. The summed E-state index contributed by atoms with van der Waals surface area (Å²) in [7, 11) is 0. The molecule has 1 aromatic carbocycles. The van der Waals surface area contributed by atoms with Gasteiger partial charge in [0, 0.05) is 6.07 Å². The Morgan fingerprint density at radius 2 is 2.04 bits per heavy atom. The van der Waals surface area contributed by atoms with E-state index in [-0.39, 0.29) is 11.8 Å². The van der Waals surface area contributed by atoms with Crippen molar-refractivity contribution < 1.29 is 14.6 Å². The highest BCUT2D eigenvalue weighted by Crippen LogP contribution is 2.29. The molecule has 4 bridgehead atoms. The Morgan fingerprint density at radius 3 is 2.96 bits per heavy atom. The average molecular weight is 338 g/mol. The molecule has 0 radical (unpaired) electrons. The number of nitrogens with zero attached hydrogens (tertiary/aromatic N) is 3. The SMILES string of the molecule is Nc1nc2cc3c1nc(O)n3Cc1cccc(c1)OCC/C=C/CO2. The van der Waals surface area contributed by atoms with Gasteiger partial charge < -0.3 is 20.3 Å². The van der Waals surface area contributed by atoms with E-state index in [2.05, 4.69) is 9.97 Å². The molecule has 0 fully saturated rings. The van der Waals surface area contributed by atoms with E-state index in [0.717, 1.165) is 17.7 Å². The van der Waals surface area contributed by atoms with Gasteiger partial charge in [0.1, 0.15) is 17.9 Å². The molecule has 3 aromatic rings. The number of aromatic hydroxyl groups is 1. The molecule has 0 unspecified atom stereocenters. The molecule has 0 amide bonds. The van der Waals surface area contributed by atoms with Crippen LogP contribution in [0.25, 0.3) is 11.0 Å². The van der Waals surface area contributed by atoms with Crippen LogP contribution in [0.15, 0.2) is 42.5 Å². The summed E-state index contributed by atoms with van der Waals surface area (Å²) in [5, 5.41) is 10.3. The fraction of sp³-hybridized carbons (Fsp3) is 0.222. The third-order valence-electron chi connectivity index (χ3n) is 4.01. The molecule has 2 aromatic heterocycles. The average Bonchev–Trinajstić information content (AvgIpc) is 2.90. The quantitative estimate of drug-likeness (QED) is 0.612. The normalized spacial score (nSPS) is 15.8. The maximum absolute atomic E-state index is 10.3. The minimum Gasteiger partial charge on any atom is -0.493 e. The van der Waals surface area contributed by atoms with Crippen LogP contribution in [0, 0.1) is 0 Å². The first-order valence-corrected chi connectivity index (χ1v) is 8.06. The zero-order valence-electron chi connectivity index (χ0n) is 13.6. The van der Waals surface area contributed by atoms with E-state index in [9.17, 15) is 5.11 Å². The molecule has 7 nitrogen and oxygen atoms in total. The van der Waals surface area contributed by atoms with Gasteiger partial charge in [-0.05, 0) is 24.1 Å². The predicted octanol–water partition coefficient (Wildman–Crippen LogP) is 2.48. The van der Waals surface area contributed by atoms with Gasteiger partial charge in [-0.25, -0.2) is 0 Å². The van der Waals surface area contributed by atoms with Crippen molar-refractivity contribution in [3.63, 3.8) is 0 Å². The van der Waals surface area contributed by atoms with E-state index >= 15 is 0 Å². The van der Waals surface area contributed by atoms with Crippen LogP contribution in [0.3, 0.4) is 0 Å². The molecule has 7 heteroatoms. The summed E-state index contributed by atoms with van der Waals surface area (Å²) in [4.78, 5) is 8.33. The lowest BCUT2D eigenvalue weighted by Crippen LogP contribution is -2.02. The molecule has 4 rings (SSSR count). The number of hydrogen-bond donors (Lipinski definition) is 2. The van der Waals surface area contributed by atoms with Crippen LogP contribution in [0.4, 0.5) is 5.82 Å². The highest BCUT2D eigenvalue weighted by Gasteiger charge is 2.16. The van der Waals surface area contributed by atoms with Gasteiger partial charge in [0.2, 0.25) is 5.88 Å². The minimum atomic E-state index is -0.115. The largest absolute Gasteiger partial charge is 0.493 e. The number of pyridine rings is 1. The van der Waals surface area contributed by atoms with Crippen molar-refractivity contribution in [2.24, 2.45) is 0 Å². The lowest BCUT2D eigenvalue weighted by molar-refractivity contribution is 0.323. The number of nitrogen functional groups attached to an aromatic ring is 1. The number of fused-ring (bicyclic) bond motifs is 3. The first kappa shape index (κ1) is 15.3. The number of rotatable bonds is 0. The molecule has 0 saturated carbocycles. The second kappa shape index (κ2) is 6.35. The van der Waals surface area contributed by atoms with E-state index in [1.54, 1.807) is 10.6 Å². The van der Waals surface area contributed by atoms with Gasteiger partial charge >= 0.3 is 0 Å². The minimum absolute atomic E-state index is 0.115. The van der Waals surface area contributed by atoms with Crippen LogP contribution < -0.4 is 15.2 Å². The molecule has 3 heterocycles. The van der Waals surface area contributed by atoms with Crippen molar-refractivity contribution in [3.8, 4) is 17.6 Å². The molecular weight excluding hydrogens is 320 g/mol. The number of benzene rings is 1. The van der Waals surface area contributed by atoms with Crippen LogP contribution in [0.1, 0.15) is 12.0 Å². The Hall–Kier alpha value is -3.22. The standard InChI is InChI=1S/C18H18N4O3/c19-17-16-14-10-15(20-17)25-8-3-1-2-7-24-13-6-4-5-12(9-13)11-22(14)18(23)21-16/h1,3-6,9-10H,2,7-8,11H2,(H2,19,20)(H,21,23)/b3-1+. The number of hydrogen-bond acceptors (Lipinski definition) is 6. The van der Waals surface area contributed by atoms with E-state index in [4.69, 9.17) is 15.2 Å². The number of ether oxygens (including phenoxy) is 2. The topological polar surface area (TPSA) is 95.4 Å².